The van der Waals surface area contributed by atoms with E-state index >= 15 is 0 Å². The number of fused-ring (bicyclic) bond motifs is 1. The molecule has 1 atom stereocenters. The Bertz CT molecular complexity index is 1030. The molecule has 0 radical (unpaired) electrons. The number of aryl methyl sites for hydroxylation is 1. The topological polar surface area (TPSA) is 81.5 Å². The minimum Gasteiger partial charge on any atom is -0.497 e. The molecule has 1 unspecified atom stereocenters. The highest BCUT2D eigenvalue weighted by Gasteiger charge is 2.25. The van der Waals surface area contributed by atoms with Crippen LogP contribution in [0.5, 0.6) is 11.5 Å². The molecule has 8 heteroatoms. The van der Waals surface area contributed by atoms with Crippen molar-refractivity contribution in [3.05, 3.63) is 42.4 Å². The largest absolute Gasteiger partial charge is 0.497 e. The van der Waals surface area contributed by atoms with Gasteiger partial charge in [-0.1, -0.05) is 0 Å². The summed E-state index contributed by atoms with van der Waals surface area (Å²) >= 11 is 0. The van der Waals surface area contributed by atoms with Crippen molar-refractivity contribution in [2.24, 2.45) is 5.92 Å². The Morgan fingerprint density at radius 2 is 2.00 bits per heavy atom. The van der Waals surface area contributed by atoms with Gasteiger partial charge in [-0.05, 0) is 37.8 Å². The molecule has 3 heterocycles. The van der Waals surface area contributed by atoms with Gasteiger partial charge in [0.1, 0.15) is 22.8 Å². The maximum absolute atomic E-state index is 12.9. The maximum atomic E-state index is 12.9. The normalized spacial score (nSPS) is 16.5. The van der Waals surface area contributed by atoms with Gasteiger partial charge in [0.05, 0.1) is 14.2 Å². The number of nitrogens with one attached hydrogen (secondary N) is 1. The number of ether oxygens (including phenoxy) is 2. The Morgan fingerprint density at radius 3 is 2.73 bits per heavy atom. The molecule has 1 fully saturated rings. The molecule has 0 saturated carbocycles. The zero-order valence-corrected chi connectivity index (χ0v) is 17.6. The quantitative estimate of drug-likeness (QED) is 0.695. The number of carbonyl (C=O) groups excluding carboxylic acids is 1. The van der Waals surface area contributed by atoms with E-state index in [-0.39, 0.29) is 6.03 Å². The Kier molecular flexibility index (Phi) is 5.74. The number of imidazole rings is 1. The maximum Gasteiger partial charge on any atom is 0.321 e. The third kappa shape index (κ3) is 4.17. The van der Waals surface area contributed by atoms with E-state index in [9.17, 15) is 4.79 Å². The molecule has 30 heavy (non-hydrogen) atoms. The molecular formula is C22H27N5O3. The second kappa shape index (κ2) is 8.61. The summed E-state index contributed by atoms with van der Waals surface area (Å²) < 4.78 is 12.7. The molecule has 4 rings (SSSR count). The van der Waals surface area contributed by atoms with Crippen LogP contribution in [-0.4, -0.2) is 52.8 Å². The highest BCUT2D eigenvalue weighted by Crippen LogP contribution is 2.27. The molecule has 0 aliphatic carbocycles. The standard InChI is InChI=1S/C22H27N5O3/c1-15-24-20-7-4-8-23-21(20)27(15)14-16-6-5-9-26(13-16)22(28)25-17-10-18(29-2)12-19(11-17)30-3/h4,7-8,10-12,16H,5-6,9,13-14H2,1-3H3,(H,25,28). The van der Waals surface area contributed by atoms with Crippen molar-refractivity contribution in [2.75, 3.05) is 32.6 Å². The predicted molar refractivity (Wildman–Crippen MR) is 115 cm³/mol. The molecular weight excluding hydrogens is 382 g/mol. The lowest BCUT2D eigenvalue weighted by Gasteiger charge is -2.33. The monoisotopic (exact) mass is 409 g/mol. The Labute approximate surface area is 175 Å². The highest BCUT2D eigenvalue weighted by molar-refractivity contribution is 5.90. The summed E-state index contributed by atoms with van der Waals surface area (Å²) in [5.74, 6) is 2.57. The number of piperidine rings is 1. The van der Waals surface area contributed by atoms with Crippen LogP contribution in [0.25, 0.3) is 11.2 Å². The fourth-order valence-electron chi connectivity index (χ4n) is 4.03. The molecule has 8 nitrogen and oxygen atoms in total. The van der Waals surface area contributed by atoms with Crippen LogP contribution in [0.2, 0.25) is 0 Å². The molecule has 3 aromatic rings. The summed E-state index contributed by atoms with van der Waals surface area (Å²) in [6.45, 7) is 4.24. The van der Waals surface area contributed by atoms with Crippen LogP contribution in [0, 0.1) is 12.8 Å². The van der Waals surface area contributed by atoms with E-state index in [2.05, 4.69) is 19.9 Å². The van der Waals surface area contributed by atoms with E-state index in [0.717, 1.165) is 42.9 Å². The fraction of sp³-hybridized carbons (Fsp3) is 0.409. The average Bonchev–Trinajstić information content (AvgIpc) is 3.08. The summed E-state index contributed by atoms with van der Waals surface area (Å²) in [6.07, 6.45) is 3.84. The number of urea groups is 1. The van der Waals surface area contributed by atoms with Crippen molar-refractivity contribution in [3.8, 4) is 11.5 Å². The summed E-state index contributed by atoms with van der Waals surface area (Å²) in [6, 6.07) is 9.12. The Balaban J connectivity index is 1.45. The Morgan fingerprint density at radius 1 is 1.23 bits per heavy atom. The summed E-state index contributed by atoms with van der Waals surface area (Å²) in [5, 5.41) is 2.98. The number of amides is 2. The highest BCUT2D eigenvalue weighted by atomic mass is 16.5. The van der Waals surface area contributed by atoms with Gasteiger partial charge in [0.15, 0.2) is 5.65 Å². The number of rotatable bonds is 5. The molecule has 1 aromatic carbocycles. The van der Waals surface area contributed by atoms with Crippen LogP contribution in [0.3, 0.4) is 0 Å². The number of pyridine rings is 1. The van der Waals surface area contributed by atoms with Gasteiger partial charge < -0.3 is 24.3 Å². The van der Waals surface area contributed by atoms with Crippen LogP contribution >= 0.6 is 0 Å². The molecule has 0 bridgehead atoms. The molecule has 0 spiro atoms. The molecule has 158 valence electrons. The number of methoxy groups -OCH3 is 2. The van der Waals surface area contributed by atoms with Gasteiger partial charge in [-0.25, -0.2) is 14.8 Å². The number of aromatic nitrogens is 3. The lowest BCUT2D eigenvalue weighted by atomic mass is 9.98. The van der Waals surface area contributed by atoms with Gasteiger partial charge in [0.2, 0.25) is 0 Å². The van der Waals surface area contributed by atoms with Crippen molar-refractivity contribution >= 4 is 22.9 Å². The number of likely N-dealkylation sites (tertiary alicyclic amines) is 1. The van der Waals surface area contributed by atoms with E-state index in [1.165, 1.54) is 0 Å². The molecule has 2 aromatic heterocycles. The van der Waals surface area contributed by atoms with Crippen molar-refractivity contribution in [3.63, 3.8) is 0 Å². The molecule has 1 N–H and O–H groups in total. The third-order valence-corrected chi connectivity index (χ3v) is 5.54. The first-order chi connectivity index (χ1) is 14.6. The van der Waals surface area contributed by atoms with E-state index in [4.69, 9.17) is 9.47 Å². The van der Waals surface area contributed by atoms with E-state index in [0.29, 0.717) is 29.6 Å². The van der Waals surface area contributed by atoms with Crippen LogP contribution in [0.15, 0.2) is 36.5 Å². The smallest absolute Gasteiger partial charge is 0.321 e. The van der Waals surface area contributed by atoms with Gasteiger partial charge in [-0.2, -0.15) is 0 Å². The minimum atomic E-state index is -0.111. The Hall–Kier alpha value is -3.29. The third-order valence-electron chi connectivity index (χ3n) is 5.54. The summed E-state index contributed by atoms with van der Waals surface area (Å²) in [7, 11) is 3.18. The molecule has 1 aliphatic rings. The van der Waals surface area contributed by atoms with Gasteiger partial charge >= 0.3 is 6.03 Å². The zero-order valence-electron chi connectivity index (χ0n) is 17.6. The predicted octanol–water partition coefficient (Wildman–Crippen LogP) is 3.70. The van der Waals surface area contributed by atoms with Crippen LogP contribution in [0.1, 0.15) is 18.7 Å². The second-order valence-electron chi connectivity index (χ2n) is 7.60. The molecule has 2 amide bonds. The number of anilines is 1. The molecule has 1 aliphatic heterocycles. The first kappa shape index (κ1) is 20.0. The number of carbonyl (C=O) groups is 1. The second-order valence-corrected chi connectivity index (χ2v) is 7.60. The van der Waals surface area contributed by atoms with Gasteiger partial charge in [0.25, 0.3) is 0 Å². The fourth-order valence-corrected chi connectivity index (χ4v) is 4.03. The number of hydrogen-bond donors (Lipinski definition) is 1. The SMILES string of the molecule is COc1cc(NC(=O)N2CCCC(Cn3c(C)nc4cccnc43)C2)cc(OC)c1. The van der Waals surface area contributed by atoms with Gasteiger partial charge in [0, 0.05) is 49.7 Å². The lowest BCUT2D eigenvalue weighted by molar-refractivity contribution is 0.170. The average molecular weight is 409 g/mol. The van der Waals surface area contributed by atoms with Gasteiger partial charge in [-0.15, -0.1) is 0 Å². The molecule has 1 saturated heterocycles. The van der Waals surface area contributed by atoms with Crippen LogP contribution in [0.4, 0.5) is 10.5 Å². The summed E-state index contributed by atoms with van der Waals surface area (Å²) in [5.41, 5.74) is 2.46. The van der Waals surface area contributed by atoms with E-state index in [1.807, 2.05) is 24.0 Å². The summed E-state index contributed by atoms with van der Waals surface area (Å²) in [4.78, 5) is 23.9. The first-order valence-corrected chi connectivity index (χ1v) is 10.1. The van der Waals surface area contributed by atoms with Crippen molar-refractivity contribution in [2.45, 2.75) is 26.3 Å². The van der Waals surface area contributed by atoms with Gasteiger partial charge in [-0.3, -0.25) is 0 Å². The first-order valence-electron chi connectivity index (χ1n) is 10.1. The van der Waals surface area contributed by atoms with E-state index in [1.54, 1.807) is 38.6 Å². The number of benzene rings is 1. The van der Waals surface area contributed by atoms with Crippen molar-refractivity contribution in [1.29, 1.82) is 0 Å². The van der Waals surface area contributed by atoms with Crippen molar-refractivity contribution < 1.29 is 14.3 Å². The van der Waals surface area contributed by atoms with E-state index < -0.39 is 0 Å². The lowest BCUT2D eigenvalue weighted by Crippen LogP contribution is -2.43. The van der Waals surface area contributed by atoms with Crippen LogP contribution in [-0.2, 0) is 6.54 Å². The van der Waals surface area contributed by atoms with Crippen molar-refractivity contribution in [1.82, 2.24) is 19.4 Å². The van der Waals surface area contributed by atoms with Crippen LogP contribution < -0.4 is 14.8 Å². The minimum absolute atomic E-state index is 0.111. The zero-order chi connectivity index (χ0) is 21.1. The number of hydrogen-bond acceptors (Lipinski definition) is 5. The number of nitrogens with zero attached hydrogens (tertiary/aromatic N) is 4.